The van der Waals surface area contributed by atoms with Crippen LogP contribution < -0.4 is 9.80 Å². The van der Waals surface area contributed by atoms with Crippen molar-refractivity contribution in [2.75, 3.05) is 9.80 Å². The lowest BCUT2D eigenvalue weighted by Crippen LogP contribution is -2.59. The minimum Gasteiger partial charge on any atom is -0.278 e. The van der Waals surface area contributed by atoms with E-state index >= 15 is 0 Å². The number of para-hydroxylation sites is 2. The number of carbonyl (C=O) groups is 2. The molecular formula is C24H28N2O2. The highest BCUT2D eigenvalue weighted by atomic mass is 16.2. The van der Waals surface area contributed by atoms with E-state index in [4.69, 9.17) is 0 Å². The number of aryl methyl sites for hydroxylation is 4. The molecule has 1 aliphatic heterocycles. The molecule has 146 valence electrons. The summed E-state index contributed by atoms with van der Waals surface area (Å²) in [6.45, 7) is 14.7. The van der Waals surface area contributed by atoms with Crippen molar-refractivity contribution >= 4 is 23.2 Å². The maximum absolute atomic E-state index is 13.3. The van der Waals surface area contributed by atoms with Gasteiger partial charge in [0.05, 0.1) is 11.4 Å². The summed E-state index contributed by atoms with van der Waals surface area (Å²) in [5.41, 5.74) is 4.58. The summed E-state index contributed by atoms with van der Waals surface area (Å²) in [6, 6.07) is 12.0. The first-order valence-corrected chi connectivity index (χ1v) is 9.86. The lowest BCUT2D eigenvalue weighted by molar-refractivity contribution is -0.139. The predicted octanol–water partition coefficient (Wildman–Crippen LogP) is 4.83. The minimum absolute atomic E-state index is 0.246. The molecule has 3 rings (SSSR count). The lowest BCUT2D eigenvalue weighted by Gasteiger charge is -2.43. The number of hydrogen-bond acceptors (Lipinski definition) is 2. The Morgan fingerprint density at radius 2 is 1.18 bits per heavy atom. The fourth-order valence-corrected chi connectivity index (χ4v) is 3.79. The van der Waals surface area contributed by atoms with E-state index in [9.17, 15) is 9.59 Å². The Hall–Kier alpha value is -2.62. The van der Waals surface area contributed by atoms with Gasteiger partial charge in [-0.3, -0.25) is 19.4 Å². The largest absolute Gasteiger partial charge is 0.278 e. The molecule has 1 saturated heterocycles. The fraction of sp³-hybridized carbons (Fsp3) is 0.375. The van der Waals surface area contributed by atoms with E-state index in [2.05, 4.69) is 20.5 Å². The molecule has 1 aliphatic rings. The number of rotatable bonds is 4. The molecule has 1 heterocycles. The molecule has 2 radical (unpaired) electrons. The summed E-state index contributed by atoms with van der Waals surface area (Å²) in [6.07, 6.45) is 1.59. The monoisotopic (exact) mass is 376 g/mol. The van der Waals surface area contributed by atoms with Crippen molar-refractivity contribution in [2.45, 2.75) is 54.4 Å². The molecule has 0 unspecified atom stereocenters. The van der Waals surface area contributed by atoms with Crippen molar-refractivity contribution in [3.8, 4) is 0 Å². The van der Waals surface area contributed by atoms with Crippen LogP contribution >= 0.6 is 0 Å². The topological polar surface area (TPSA) is 40.6 Å². The molecule has 2 aromatic rings. The van der Waals surface area contributed by atoms with Crippen molar-refractivity contribution in [3.05, 3.63) is 65.3 Å². The van der Waals surface area contributed by atoms with Gasteiger partial charge in [-0.2, -0.15) is 0 Å². The Morgan fingerprint density at radius 1 is 0.786 bits per heavy atom. The molecule has 0 spiro atoms. The second-order valence-electron chi connectivity index (χ2n) is 7.88. The first kappa shape index (κ1) is 20.1. The van der Waals surface area contributed by atoms with E-state index in [0.717, 1.165) is 46.5 Å². The highest BCUT2D eigenvalue weighted by Crippen LogP contribution is 2.40. The second-order valence-corrected chi connectivity index (χ2v) is 7.88. The number of nitrogens with zero attached hydrogens (tertiary/aromatic N) is 2. The molecule has 2 amide bonds. The van der Waals surface area contributed by atoms with Gasteiger partial charge in [0.15, 0.2) is 0 Å². The summed E-state index contributed by atoms with van der Waals surface area (Å²) in [5.74, 6) is -0.492. The molecule has 0 saturated carbocycles. The highest BCUT2D eigenvalue weighted by molar-refractivity contribution is 6.21. The Labute approximate surface area is 168 Å². The normalized spacial score (nSPS) is 16.6. The van der Waals surface area contributed by atoms with Gasteiger partial charge in [0, 0.05) is 0 Å². The van der Waals surface area contributed by atoms with Crippen molar-refractivity contribution in [2.24, 2.45) is 5.41 Å². The van der Waals surface area contributed by atoms with Crippen LogP contribution in [0, 0.1) is 25.9 Å². The standard InChI is InChI=1S/C24H28N2O2/c1-7-18-13-9-11-16(3)20(18)25-15-26(23(28)24(5,6)22(25)27)21-17(4)12-10-14-19(21)8-2/h9-14H,7-8H2,1-6H3. The van der Waals surface area contributed by atoms with Crippen molar-refractivity contribution in [1.29, 1.82) is 0 Å². The fourth-order valence-electron chi connectivity index (χ4n) is 3.79. The van der Waals surface area contributed by atoms with Gasteiger partial charge in [-0.15, -0.1) is 0 Å². The van der Waals surface area contributed by atoms with E-state index in [1.165, 1.54) is 0 Å². The maximum atomic E-state index is 13.3. The Balaban J connectivity index is 2.19. The van der Waals surface area contributed by atoms with Gasteiger partial charge in [-0.25, -0.2) is 0 Å². The molecule has 28 heavy (non-hydrogen) atoms. The van der Waals surface area contributed by atoms with E-state index in [1.807, 2.05) is 50.2 Å². The molecule has 0 atom stereocenters. The zero-order valence-electron chi connectivity index (χ0n) is 17.6. The SMILES string of the molecule is CCc1cccc(C)c1N1[C]N(c2c(C)cccc2CC)C(=O)C(C)(C)C1=O. The van der Waals surface area contributed by atoms with Crippen LogP contribution in [-0.2, 0) is 22.4 Å². The molecule has 0 aromatic heterocycles. The van der Waals surface area contributed by atoms with Gasteiger partial charge in [0.25, 0.3) is 0 Å². The maximum Gasteiger partial charge on any atom is 0.244 e. The third-order valence-corrected chi connectivity index (χ3v) is 5.53. The number of amides is 2. The van der Waals surface area contributed by atoms with Crippen LogP contribution in [0.5, 0.6) is 0 Å². The summed E-state index contributed by atoms with van der Waals surface area (Å²) in [5, 5.41) is 0. The molecule has 2 aromatic carbocycles. The van der Waals surface area contributed by atoms with Crippen LogP contribution in [0.1, 0.15) is 49.9 Å². The van der Waals surface area contributed by atoms with Crippen LogP contribution in [0.15, 0.2) is 36.4 Å². The quantitative estimate of drug-likeness (QED) is 0.717. The van der Waals surface area contributed by atoms with E-state index in [-0.39, 0.29) is 11.8 Å². The molecule has 0 aliphatic carbocycles. The van der Waals surface area contributed by atoms with Crippen LogP contribution in [0.4, 0.5) is 11.4 Å². The number of anilines is 2. The third-order valence-electron chi connectivity index (χ3n) is 5.53. The van der Waals surface area contributed by atoms with E-state index < -0.39 is 5.41 Å². The summed E-state index contributed by atoms with van der Waals surface area (Å²) in [7, 11) is 0. The molecule has 4 heteroatoms. The number of hydrogen-bond donors (Lipinski definition) is 0. The van der Waals surface area contributed by atoms with Gasteiger partial charge in [0.1, 0.15) is 5.41 Å². The summed E-state index contributed by atoms with van der Waals surface area (Å²) >= 11 is 0. The van der Waals surface area contributed by atoms with E-state index in [0.29, 0.717) is 0 Å². The van der Waals surface area contributed by atoms with Gasteiger partial charge in [0.2, 0.25) is 18.5 Å². The van der Waals surface area contributed by atoms with Crippen molar-refractivity contribution in [3.63, 3.8) is 0 Å². The summed E-state index contributed by atoms with van der Waals surface area (Å²) in [4.78, 5) is 29.7. The zero-order chi connectivity index (χ0) is 20.6. The first-order valence-electron chi connectivity index (χ1n) is 9.86. The minimum atomic E-state index is -1.17. The average molecular weight is 377 g/mol. The van der Waals surface area contributed by atoms with Gasteiger partial charge >= 0.3 is 0 Å². The van der Waals surface area contributed by atoms with Gasteiger partial charge in [-0.1, -0.05) is 50.2 Å². The van der Waals surface area contributed by atoms with Crippen molar-refractivity contribution in [1.82, 2.24) is 0 Å². The third kappa shape index (κ3) is 3.11. The molecule has 4 nitrogen and oxygen atoms in total. The predicted molar refractivity (Wildman–Crippen MR) is 113 cm³/mol. The molecule has 0 bridgehead atoms. The van der Waals surface area contributed by atoms with Crippen LogP contribution in [0.3, 0.4) is 0 Å². The summed E-state index contributed by atoms with van der Waals surface area (Å²) < 4.78 is 0. The van der Waals surface area contributed by atoms with Crippen molar-refractivity contribution < 1.29 is 9.59 Å². The number of carbonyl (C=O) groups excluding carboxylic acids is 2. The van der Waals surface area contributed by atoms with Crippen LogP contribution in [0.25, 0.3) is 0 Å². The average Bonchev–Trinajstić information content (AvgIpc) is 2.67. The number of benzene rings is 2. The zero-order valence-corrected chi connectivity index (χ0v) is 17.6. The van der Waals surface area contributed by atoms with Crippen LogP contribution in [-0.4, -0.2) is 11.8 Å². The highest BCUT2D eigenvalue weighted by Gasteiger charge is 2.49. The second kappa shape index (κ2) is 7.42. The Morgan fingerprint density at radius 3 is 1.54 bits per heavy atom. The molecule has 1 fully saturated rings. The Bertz CT molecular complexity index is 857. The van der Waals surface area contributed by atoms with Crippen LogP contribution in [0.2, 0.25) is 0 Å². The first-order chi connectivity index (χ1) is 13.2. The lowest BCUT2D eigenvalue weighted by atomic mass is 9.86. The smallest absolute Gasteiger partial charge is 0.244 e. The molecule has 0 N–H and O–H groups in total. The van der Waals surface area contributed by atoms with Gasteiger partial charge in [-0.05, 0) is 62.8 Å². The Kier molecular flexibility index (Phi) is 5.33. The van der Waals surface area contributed by atoms with Gasteiger partial charge < -0.3 is 0 Å². The molecular weight excluding hydrogens is 348 g/mol. The van der Waals surface area contributed by atoms with E-state index in [1.54, 1.807) is 23.6 Å².